The Morgan fingerprint density at radius 2 is 2.05 bits per heavy atom. The van der Waals surface area contributed by atoms with Crippen molar-refractivity contribution in [3.8, 4) is 5.75 Å². The van der Waals surface area contributed by atoms with Gasteiger partial charge in [-0.3, -0.25) is 4.79 Å². The molecule has 1 aliphatic heterocycles. The number of carbonyl (C=O) groups is 1. The molecule has 5 nitrogen and oxygen atoms in total. The number of benzene rings is 1. The minimum atomic E-state index is -0.579. The van der Waals surface area contributed by atoms with Crippen LogP contribution in [0.15, 0.2) is 29.4 Å². The van der Waals surface area contributed by atoms with Crippen LogP contribution in [0.1, 0.15) is 37.7 Å². The zero-order valence-corrected chi connectivity index (χ0v) is 11.2. The molecule has 0 aromatic heterocycles. The van der Waals surface area contributed by atoms with E-state index in [1.165, 1.54) is 12.8 Å². The van der Waals surface area contributed by atoms with Gasteiger partial charge in [0.2, 0.25) is 6.10 Å². The lowest BCUT2D eigenvalue weighted by atomic mass is 10.0. The monoisotopic (exact) mass is 274 g/mol. The van der Waals surface area contributed by atoms with E-state index in [-0.39, 0.29) is 17.7 Å². The van der Waals surface area contributed by atoms with Gasteiger partial charge >= 0.3 is 0 Å². The molecule has 0 unspecified atom stereocenters. The van der Waals surface area contributed by atoms with Gasteiger partial charge in [0.25, 0.3) is 5.91 Å². The summed E-state index contributed by atoms with van der Waals surface area (Å²) in [6.07, 6.45) is 4.27. The third kappa shape index (κ3) is 2.61. The van der Waals surface area contributed by atoms with Crippen molar-refractivity contribution in [2.75, 3.05) is 0 Å². The quantitative estimate of drug-likeness (QED) is 0.885. The maximum atomic E-state index is 12.1. The summed E-state index contributed by atoms with van der Waals surface area (Å²) in [4.78, 5) is 17.3. The highest BCUT2D eigenvalue weighted by Gasteiger charge is 2.31. The summed E-state index contributed by atoms with van der Waals surface area (Å²) in [5, 5.41) is 16.7. The molecule has 20 heavy (non-hydrogen) atoms. The second-order valence-electron chi connectivity index (χ2n) is 5.34. The number of aromatic hydroxyl groups is 1. The number of para-hydroxylation sites is 1. The van der Waals surface area contributed by atoms with E-state index in [9.17, 15) is 9.90 Å². The summed E-state index contributed by atoms with van der Waals surface area (Å²) in [6, 6.07) is 7.22. The molecule has 5 heteroatoms. The fourth-order valence-electron chi connectivity index (χ4n) is 2.76. The van der Waals surface area contributed by atoms with Gasteiger partial charge in [-0.2, -0.15) is 0 Å². The first-order valence-electron chi connectivity index (χ1n) is 7.05. The Morgan fingerprint density at radius 1 is 1.30 bits per heavy atom. The van der Waals surface area contributed by atoms with Crippen molar-refractivity contribution in [2.45, 2.75) is 44.2 Å². The second kappa shape index (κ2) is 5.53. The summed E-state index contributed by atoms with van der Waals surface area (Å²) >= 11 is 0. The number of rotatable bonds is 3. The van der Waals surface area contributed by atoms with E-state index >= 15 is 0 Å². The molecule has 1 heterocycles. The molecule has 1 aliphatic carbocycles. The molecule has 1 atom stereocenters. The molecule has 1 saturated carbocycles. The standard InChI is InChI=1S/C15H18N2O3/c18-13-8-4-3-7-11(13)12-9-14(20-17-12)15(19)16-10-5-1-2-6-10/h3-4,7-8,10,14,18H,1-2,5-6,9H2,(H,16,19)/t14-/m0/s1. The zero-order valence-electron chi connectivity index (χ0n) is 11.2. The normalized spacial score (nSPS) is 22.4. The number of hydrogen-bond donors (Lipinski definition) is 2. The van der Waals surface area contributed by atoms with E-state index in [1.807, 2.05) is 6.07 Å². The third-order valence-corrected chi connectivity index (χ3v) is 3.88. The summed E-state index contributed by atoms with van der Waals surface area (Å²) in [6.45, 7) is 0. The molecular formula is C15H18N2O3. The fraction of sp³-hybridized carbons (Fsp3) is 0.467. The van der Waals surface area contributed by atoms with Crippen LogP contribution in [0.2, 0.25) is 0 Å². The lowest BCUT2D eigenvalue weighted by Crippen LogP contribution is -2.40. The van der Waals surface area contributed by atoms with Gasteiger partial charge in [-0.15, -0.1) is 0 Å². The predicted octanol–water partition coefficient (Wildman–Crippen LogP) is 1.94. The summed E-state index contributed by atoms with van der Waals surface area (Å²) in [7, 11) is 0. The van der Waals surface area contributed by atoms with Crippen LogP contribution in [-0.4, -0.2) is 28.9 Å². The highest BCUT2D eigenvalue weighted by atomic mass is 16.6. The van der Waals surface area contributed by atoms with Crippen LogP contribution < -0.4 is 5.32 Å². The van der Waals surface area contributed by atoms with Crippen LogP contribution in [0.3, 0.4) is 0 Å². The maximum absolute atomic E-state index is 12.1. The Morgan fingerprint density at radius 3 is 2.80 bits per heavy atom. The van der Waals surface area contributed by atoms with Crippen molar-refractivity contribution in [1.82, 2.24) is 5.32 Å². The Hall–Kier alpha value is -2.04. The number of amides is 1. The number of phenolic OH excluding ortho intramolecular Hbond substituents is 1. The Balaban J connectivity index is 1.61. The molecule has 0 spiro atoms. The van der Waals surface area contributed by atoms with Gasteiger partial charge in [-0.1, -0.05) is 30.1 Å². The van der Waals surface area contributed by atoms with Gasteiger partial charge in [-0.05, 0) is 25.0 Å². The molecule has 0 radical (unpaired) electrons. The molecule has 1 fully saturated rings. The summed E-state index contributed by atoms with van der Waals surface area (Å²) in [5.41, 5.74) is 1.25. The third-order valence-electron chi connectivity index (χ3n) is 3.88. The Kier molecular flexibility index (Phi) is 3.58. The van der Waals surface area contributed by atoms with Crippen molar-refractivity contribution in [3.05, 3.63) is 29.8 Å². The zero-order chi connectivity index (χ0) is 13.9. The van der Waals surface area contributed by atoms with Crippen molar-refractivity contribution >= 4 is 11.6 Å². The van der Waals surface area contributed by atoms with Crippen LogP contribution >= 0.6 is 0 Å². The van der Waals surface area contributed by atoms with Gasteiger partial charge in [0.05, 0.1) is 5.71 Å². The molecule has 106 valence electrons. The van der Waals surface area contributed by atoms with Crippen molar-refractivity contribution < 1.29 is 14.7 Å². The van der Waals surface area contributed by atoms with Crippen LogP contribution in [0.5, 0.6) is 5.75 Å². The number of carbonyl (C=O) groups excluding carboxylic acids is 1. The van der Waals surface area contributed by atoms with Crippen LogP contribution in [0.4, 0.5) is 0 Å². The van der Waals surface area contributed by atoms with Gasteiger partial charge < -0.3 is 15.3 Å². The smallest absolute Gasteiger partial charge is 0.264 e. The van der Waals surface area contributed by atoms with E-state index in [2.05, 4.69) is 10.5 Å². The summed E-state index contributed by atoms with van der Waals surface area (Å²) in [5.74, 6) is 0.0535. The van der Waals surface area contributed by atoms with Crippen molar-refractivity contribution in [1.29, 1.82) is 0 Å². The van der Waals surface area contributed by atoms with Crippen LogP contribution in [0.25, 0.3) is 0 Å². The maximum Gasteiger partial charge on any atom is 0.264 e. The van der Waals surface area contributed by atoms with Crippen LogP contribution in [-0.2, 0) is 9.63 Å². The molecule has 2 N–H and O–H groups in total. The highest BCUT2D eigenvalue weighted by Crippen LogP contribution is 2.24. The lowest BCUT2D eigenvalue weighted by Gasteiger charge is -2.14. The molecule has 0 bridgehead atoms. The van der Waals surface area contributed by atoms with Gasteiger partial charge in [0.15, 0.2) is 0 Å². The van der Waals surface area contributed by atoms with Crippen molar-refractivity contribution in [2.24, 2.45) is 5.16 Å². The van der Waals surface area contributed by atoms with Crippen molar-refractivity contribution in [3.63, 3.8) is 0 Å². The average molecular weight is 274 g/mol. The van der Waals surface area contributed by atoms with Gasteiger partial charge in [-0.25, -0.2) is 0 Å². The van der Waals surface area contributed by atoms with E-state index in [0.717, 1.165) is 12.8 Å². The second-order valence-corrected chi connectivity index (χ2v) is 5.34. The van der Waals surface area contributed by atoms with E-state index in [1.54, 1.807) is 18.2 Å². The molecule has 3 rings (SSSR count). The number of nitrogens with zero attached hydrogens (tertiary/aromatic N) is 1. The lowest BCUT2D eigenvalue weighted by molar-refractivity contribution is -0.131. The Labute approximate surface area is 117 Å². The molecule has 2 aliphatic rings. The fourth-order valence-corrected chi connectivity index (χ4v) is 2.76. The molecular weight excluding hydrogens is 256 g/mol. The number of oxime groups is 1. The first kappa shape index (κ1) is 13.0. The highest BCUT2D eigenvalue weighted by molar-refractivity contribution is 6.05. The molecule has 1 aromatic rings. The largest absolute Gasteiger partial charge is 0.507 e. The minimum absolute atomic E-state index is 0.105. The predicted molar refractivity (Wildman–Crippen MR) is 74.5 cm³/mol. The van der Waals surface area contributed by atoms with E-state index < -0.39 is 6.10 Å². The van der Waals surface area contributed by atoms with Crippen LogP contribution in [0, 0.1) is 0 Å². The van der Waals surface area contributed by atoms with Gasteiger partial charge in [0.1, 0.15) is 5.75 Å². The topological polar surface area (TPSA) is 70.9 Å². The Bertz CT molecular complexity index is 536. The van der Waals surface area contributed by atoms with E-state index in [4.69, 9.17) is 4.84 Å². The SMILES string of the molecule is O=C(NC1CCCC1)[C@@H]1CC(c2ccccc2O)=NO1. The average Bonchev–Trinajstić information content (AvgIpc) is 3.10. The first-order valence-corrected chi connectivity index (χ1v) is 7.05. The number of hydrogen-bond acceptors (Lipinski definition) is 4. The molecule has 1 aromatic carbocycles. The van der Waals surface area contributed by atoms with E-state index in [0.29, 0.717) is 17.7 Å². The minimum Gasteiger partial charge on any atom is -0.507 e. The number of phenols is 1. The number of nitrogens with one attached hydrogen (secondary N) is 1. The molecule has 0 saturated heterocycles. The molecule has 1 amide bonds. The summed E-state index contributed by atoms with van der Waals surface area (Å²) < 4.78 is 0. The first-order chi connectivity index (χ1) is 9.74. The van der Waals surface area contributed by atoms with Gasteiger partial charge in [0, 0.05) is 18.0 Å².